The zero-order valence-corrected chi connectivity index (χ0v) is 18.8. The van der Waals surface area contributed by atoms with Crippen molar-refractivity contribution in [2.24, 2.45) is 0 Å². The summed E-state index contributed by atoms with van der Waals surface area (Å²) in [6.07, 6.45) is 7.63. The number of nitrogens with zero attached hydrogens (tertiary/aromatic N) is 4. The van der Waals surface area contributed by atoms with E-state index < -0.39 is 0 Å². The van der Waals surface area contributed by atoms with Crippen LogP contribution in [0, 0.1) is 0 Å². The maximum atomic E-state index is 5.14. The number of benzene rings is 3. The van der Waals surface area contributed by atoms with Crippen LogP contribution in [0.15, 0.2) is 85.3 Å². The molecule has 0 bridgehead atoms. The molecule has 9 rings (SSSR count). The molecule has 0 saturated heterocycles. The SMILES string of the molecule is c1ccc2c(c1)Cc1ccc3c(c1-2)Cc1ccc2nc4c5cnccc5c5cccnc5n4c2c1-3. The van der Waals surface area contributed by atoms with Crippen LogP contribution in [0.25, 0.3) is 60.7 Å². The van der Waals surface area contributed by atoms with Gasteiger partial charge in [0.15, 0.2) is 0 Å². The van der Waals surface area contributed by atoms with Crippen molar-refractivity contribution in [1.29, 1.82) is 0 Å². The Labute approximate surface area is 200 Å². The fourth-order valence-corrected chi connectivity index (χ4v) is 6.55. The molecule has 2 aliphatic rings. The predicted octanol–water partition coefficient (Wildman–Crippen LogP) is 6.73. The van der Waals surface area contributed by atoms with Gasteiger partial charge in [0.1, 0.15) is 11.3 Å². The largest absolute Gasteiger partial charge is 0.275 e. The summed E-state index contributed by atoms with van der Waals surface area (Å²) in [5.74, 6) is 0. The molecule has 2 aliphatic carbocycles. The number of hydrogen-bond acceptors (Lipinski definition) is 3. The molecule has 162 valence electrons. The van der Waals surface area contributed by atoms with Crippen molar-refractivity contribution in [2.75, 3.05) is 0 Å². The van der Waals surface area contributed by atoms with Gasteiger partial charge in [-0.2, -0.15) is 0 Å². The van der Waals surface area contributed by atoms with Crippen LogP contribution in [0.5, 0.6) is 0 Å². The minimum atomic E-state index is 0.919. The summed E-state index contributed by atoms with van der Waals surface area (Å²) in [4.78, 5) is 14.4. The number of fused-ring (bicyclic) bond motifs is 16. The Balaban J connectivity index is 1.47. The van der Waals surface area contributed by atoms with Crippen LogP contribution >= 0.6 is 0 Å². The summed E-state index contributed by atoms with van der Waals surface area (Å²) in [5, 5.41) is 3.31. The molecule has 4 heteroatoms. The Morgan fingerprint density at radius 1 is 0.629 bits per heavy atom. The zero-order valence-electron chi connectivity index (χ0n) is 18.8. The zero-order chi connectivity index (χ0) is 22.7. The van der Waals surface area contributed by atoms with E-state index >= 15 is 0 Å². The molecule has 0 fully saturated rings. The van der Waals surface area contributed by atoms with Crippen LogP contribution in [0.2, 0.25) is 0 Å². The summed E-state index contributed by atoms with van der Waals surface area (Å²) >= 11 is 0. The summed E-state index contributed by atoms with van der Waals surface area (Å²) < 4.78 is 2.27. The van der Waals surface area contributed by atoms with E-state index in [-0.39, 0.29) is 0 Å². The fourth-order valence-electron chi connectivity index (χ4n) is 6.55. The maximum Gasteiger partial charge on any atom is 0.149 e. The summed E-state index contributed by atoms with van der Waals surface area (Å²) in [5.41, 5.74) is 15.2. The molecule has 0 N–H and O–H groups in total. The highest BCUT2D eigenvalue weighted by Crippen LogP contribution is 2.49. The lowest BCUT2D eigenvalue weighted by atomic mass is 9.95. The third-order valence-electron chi connectivity index (χ3n) is 7.96. The second-order valence-electron chi connectivity index (χ2n) is 9.67. The molecular formula is C31H18N4. The first-order valence-electron chi connectivity index (χ1n) is 12.0. The van der Waals surface area contributed by atoms with Gasteiger partial charge in [-0.1, -0.05) is 42.5 Å². The quantitative estimate of drug-likeness (QED) is 0.243. The normalized spacial score (nSPS) is 13.5. The standard InChI is InChI=1S/C31H18N4/c1-2-5-20-17(4-1)14-18-7-9-22-24(27(18)20)15-19-8-10-26-29(28(19)22)35-30-23(6-3-12-33-30)21-11-13-32-16-25(21)31(35)34-26/h1-13,16H,14-15H2. The molecule has 4 heterocycles. The van der Waals surface area contributed by atoms with Crippen LogP contribution in [0.4, 0.5) is 0 Å². The van der Waals surface area contributed by atoms with Gasteiger partial charge >= 0.3 is 0 Å². The molecule has 3 aromatic carbocycles. The lowest BCUT2D eigenvalue weighted by Crippen LogP contribution is -1.95. The van der Waals surface area contributed by atoms with Crippen molar-refractivity contribution >= 4 is 38.5 Å². The maximum absolute atomic E-state index is 5.14. The van der Waals surface area contributed by atoms with Gasteiger partial charge < -0.3 is 0 Å². The molecule has 0 aliphatic heterocycles. The molecule has 35 heavy (non-hydrogen) atoms. The van der Waals surface area contributed by atoms with E-state index in [2.05, 4.69) is 70.0 Å². The highest BCUT2D eigenvalue weighted by atomic mass is 15.1. The van der Waals surface area contributed by atoms with Gasteiger partial charge in [0.05, 0.1) is 11.0 Å². The van der Waals surface area contributed by atoms with Gasteiger partial charge in [-0.15, -0.1) is 0 Å². The average molecular weight is 447 g/mol. The number of rotatable bonds is 0. The minimum absolute atomic E-state index is 0.919. The highest BCUT2D eigenvalue weighted by molar-refractivity contribution is 6.14. The summed E-state index contributed by atoms with van der Waals surface area (Å²) in [6.45, 7) is 0. The van der Waals surface area contributed by atoms with Gasteiger partial charge in [-0.05, 0) is 81.4 Å². The van der Waals surface area contributed by atoms with Gasteiger partial charge in [0, 0.05) is 34.9 Å². The topological polar surface area (TPSA) is 43.1 Å². The van der Waals surface area contributed by atoms with Crippen molar-refractivity contribution < 1.29 is 0 Å². The first kappa shape index (κ1) is 17.8. The third kappa shape index (κ3) is 2.11. The van der Waals surface area contributed by atoms with Crippen LogP contribution in [0.1, 0.15) is 22.3 Å². The summed E-state index contributed by atoms with van der Waals surface area (Å²) in [7, 11) is 0. The molecule has 4 nitrogen and oxygen atoms in total. The Bertz CT molecular complexity index is 2070. The van der Waals surface area contributed by atoms with Gasteiger partial charge in [0.2, 0.25) is 0 Å². The third-order valence-corrected chi connectivity index (χ3v) is 7.96. The van der Waals surface area contributed by atoms with Crippen molar-refractivity contribution in [1.82, 2.24) is 19.4 Å². The highest BCUT2D eigenvalue weighted by Gasteiger charge is 2.30. The number of imidazole rings is 1. The van der Waals surface area contributed by atoms with E-state index in [0.29, 0.717) is 0 Å². The second-order valence-corrected chi connectivity index (χ2v) is 9.67. The van der Waals surface area contributed by atoms with E-state index in [1.54, 1.807) is 0 Å². The predicted molar refractivity (Wildman–Crippen MR) is 140 cm³/mol. The van der Waals surface area contributed by atoms with E-state index in [4.69, 9.17) is 9.97 Å². The Hall–Kier alpha value is -4.57. The van der Waals surface area contributed by atoms with E-state index in [1.807, 2.05) is 24.7 Å². The smallest absolute Gasteiger partial charge is 0.149 e. The van der Waals surface area contributed by atoms with E-state index in [1.165, 1.54) is 44.5 Å². The molecule has 0 amide bonds. The molecule has 0 atom stereocenters. The van der Waals surface area contributed by atoms with Crippen LogP contribution in [-0.4, -0.2) is 19.4 Å². The first-order chi connectivity index (χ1) is 17.4. The van der Waals surface area contributed by atoms with Gasteiger partial charge in [-0.3, -0.25) is 9.38 Å². The molecular weight excluding hydrogens is 428 g/mol. The molecule has 0 spiro atoms. The van der Waals surface area contributed by atoms with Gasteiger partial charge in [0.25, 0.3) is 0 Å². The van der Waals surface area contributed by atoms with Gasteiger partial charge in [-0.25, -0.2) is 9.97 Å². The Morgan fingerprint density at radius 3 is 2.54 bits per heavy atom. The van der Waals surface area contributed by atoms with Crippen molar-refractivity contribution in [3.63, 3.8) is 0 Å². The van der Waals surface area contributed by atoms with Crippen molar-refractivity contribution in [3.8, 4) is 22.3 Å². The van der Waals surface area contributed by atoms with Crippen LogP contribution < -0.4 is 0 Å². The number of hydrogen-bond donors (Lipinski definition) is 0. The molecule has 4 aromatic heterocycles. The average Bonchev–Trinajstić information content (AvgIpc) is 3.59. The Morgan fingerprint density at radius 2 is 1.54 bits per heavy atom. The molecule has 0 radical (unpaired) electrons. The first-order valence-corrected chi connectivity index (χ1v) is 12.0. The van der Waals surface area contributed by atoms with E-state index in [9.17, 15) is 0 Å². The van der Waals surface area contributed by atoms with Crippen LogP contribution in [0.3, 0.4) is 0 Å². The van der Waals surface area contributed by atoms with E-state index in [0.717, 1.165) is 51.3 Å². The lowest BCUT2D eigenvalue weighted by molar-refractivity contribution is 1.22. The molecule has 7 aromatic rings. The van der Waals surface area contributed by atoms with Crippen molar-refractivity contribution in [3.05, 3.63) is 108 Å². The summed E-state index contributed by atoms with van der Waals surface area (Å²) in [6, 6.07) is 24.2. The molecule has 0 unspecified atom stereocenters. The minimum Gasteiger partial charge on any atom is -0.275 e. The van der Waals surface area contributed by atoms with Crippen molar-refractivity contribution in [2.45, 2.75) is 12.8 Å². The fraction of sp³-hybridized carbons (Fsp3) is 0.0645. The number of aromatic nitrogens is 4. The second kappa shape index (κ2) is 6.10. The Kier molecular flexibility index (Phi) is 3.11. The van der Waals surface area contributed by atoms with Crippen LogP contribution in [-0.2, 0) is 12.8 Å². The number of pyridine rings is 3. The lowest BCUT2D eigenvalue weighted by Gasteiger charge is -2.11. The molecule has 0 saturated carbocycles. The monoisotopic (exact) mass is 446 g/mol.